The number of amides is 1. The number of carbonyl (C=O) groups is 2. The number of aryl methyl sites for hydroxylation is 1. The highest BCUT2D eigenvalue weighted by Crippen LogP contribution is 2.34. The molecular formula is C44H50F3N5O6S. The zero-order chi connectivity index (χ0) is 42.9. The monoisotopic (exact) mass is 833 g/mol. The smallest absolute Gasteiger partial charge is 0.435 e. The van der Waals surface area contributed by atoms with E-state index in [2.05, 4.69) is 47.4 Å². The van der Waals surface area contributed by atoms with Crippen LogP contribution in [0.5, 0.6) is 5.75 Å². The normalized spacial score (nSPS) is 13.7. The third-order valence-corrected chi connectivity index (χ3v) is 10.7. The van der Waals surface area contributed by atoms with Crippen LogP contribution in [0, 0.1) is 12.8 Å². The second-order valence-corrected chi connectivity index (χ2v) is 16.4. The second-order valence-electron chi connectivity index (χ2n) is 14.8. The average Bonchev–Trinajstić information content (AvgIpc) is 3.65. The number of hydrogen-bond donors (Lipinski definition) is 3. The molecule has 15 heteroatoms. The van der Waals surface area contributed by atoms with Crippen LogP contribution < -0.4 is 20.1 Å². The Morgan fingerprint density at radius 3 is 2.19 bits per heavy atom. The summed E-state index contributed by atoms with van der Waals surface area (Å²) in [5, 5.41) is 21.3. The van der Waals surface area contributed by atoms with Crippen molar-refractivity contribution in [3.8, 4) is 22.7 Å². The summed E-state index contributed by atoms with van der Waals surface area (Å²) in [6, 6.07) is 26.2. The zero-order valence-electron chi connectivity index (χ0n) is 33.5. The number of piperidine rings is 1. The molecule has 0 spiro atoms. The molecule has 4 aromatic carbocycles. The van der Waals surface area contributed by atoms with Crippen LogP contribution in [-0.4, -0.2) is 54.9 Å². The Hall–Kier alpha value is -5.67. The number of nitrogens with two attached hydrogens (primary N) is 1. The van der Waals surface area contributed by atoms with E-state index >= 15 is 0 Å². The Morgan fingerprint density at radius 1 is 0.932 bits per heavy atom. The molecule has 1 fully saturated rings. The standard InChI is InChI=1S/C27H36N2O4.C17H14F3N3O2S/c1-4-33-25-17-20(12-13-22(25)27(31)32)18-26(30)28-23(16-19(2)3)21-10-6-7-11-24(21)29-14-8-5-9-15-29;1-11-2-4-12(5-3-11)15-10-16(17(18,19)20)22-23(15)13-6-8-14(9-7-13)26(21,24)25/h6-7,10-13,17,19,23H,4-5,8-9,14-16,18H2,1-3H3,(H,28,30)(H,31,32);2-10H,1H3,(H2,21,24,25)/t23-;/m0./s1. The average molecular weight is 834 g/mol. The lowest BCUT2D eigenvalue weighted by atomic mass is 9.94. The number of sulfonamides is 1. The van der Waals surface area contributed by atoms with Gasteiger partial charge < -0.3 is 20.1 Å². The maximum Gasteiger partial charge on any atom is 0.435 e. The lowest BCUT2D eigenvalue weighted by Gasteiger charge is -2.33. The molecule has 1 atom stereocenters. The maximum absolute atomic E-state index is 13.1. The first-order valence-electron chi connectivity index (χ1n) is 19.4. The van der Waals surface area contributed by atoms with Gasteiger partial charge in [0.15, 0.2) is 5.69 Å². The fourth-order valence-electron chi connectivity index (χ4n) is 6.92. The molecular weight excluding hydrogens is 784 g/mol. The van der Waals surface area contributed by atoms with Crippen LogP contribution >= 0.6 is 0 Å². The van der Waals surface area contributed by atoms with Crippen LogP contribution in [0.3, 0.4) is 0 Å². The highest BCUT2D eigenvalue weighted by Gasteiger charge is 2.35. The van der Waals surface area contributed by atoms with Gasteiger partial charge in [0.25, 0.3) is 0 Å². The Balaban J connectivity index is 0.000000230. The van der Waals surface area contributed by atoms with E-state index < -0.39 is 27.9 Å². The number of carboxylic acids is 1. The summed E-state index contributed by atoms with van der Waals surface area (Å²) in [6.45, 7) is 10.5. The van der Waals surface area contributed by atoms with Crippen LogP contribution in [0.4, 0.5) is 18.9 Å². The first-order valence-corrected chi connectivity index (χ1v) is 21.0. The number of hydrogen-bond acceptors (Lipinski definition) is 7. The van der Waals surface area contributed by atoms with E-state index in [0.29, 0.717) is 23.8 Å². The van der Waals surface area contributed by atoms with Crippen molar-refractivity contribution in [1.29, 1.82) is 0 Å². The van der Waals surface area contributed by atoms with Crippen LogP contribution in [-0.2, 0) is 27.4 Å². The topological polar surface area (TPSA) is 157 Å². The molecule has 59 heavy (non-hydrogen) atoms. The quantitative estimate of drug-likeness (QED) is 0.106. The van der Waals surface area contributed by atoms with Crippen LogP contribution in [0.1, 0.15) is 85.2 Å². The Kier molecular flexibility index (Phi) is 14.6. The summed E-state index contributed by atoms with van der Waals surface area (Å²) in [7, 11) is -3.90. The SMILES string of the molecule is CCOc1cc(CC(=O)N[C@@H](CC(C)C)c2ccccc2N2CCCCC2)ccc1C(=O)O.Cc1ccc(-c2cc(C(F)(F)F)nn2-c2ccc(S(N)(=O)=O)cc2)cc1. The number of para-hydroxylation sites is 1. The predicted molar refractivity (Wildman–Crippen MR) is 221 cm³/mol. The lowest BCUT2D eigenvalue weighted by molar-refractivity contribution is -0.141. The molecule has 1 aliphatic rings. The van der Waals surface area contributed by atoms with Gasteiger partial charge in [-0.15, -0.1) is 0 Å². The van der Waals surface area contributed by atoms with Crippen LogP contribution in [0.2, 0.25) is 0 Å². The number of rotatable bonds is 13. The Morgan fingerprint density at radius 2 is 1.59 bits per heavy atom. The van der Waals surface area contributed by atoms with Gasteiger partial charge in [-0.05, 0) is 105 Å². The van der Waals surface area contributed by atoms with Crippen molar-refractivity contribution in [3.05, 3.63) is 125 Å². The predicted octanol–water partition coefficient (Wildman–Crippen LogP) is 8.73. The number of carbonyl (C=O) groups excluding carboxylic acids is 1. The van der Waals surface area contributed by atoms with Gasteiger partial charge in [0.2, 0.25) is 15.9 Å². The molecule has 6 rings (SSSR count). The van der Waals surface area contributed by atoms with E-state index in [1.54, 1.807) is 43.3 Å². The van der Waals surface area contributed by atoms with Crippen molar-refractivity contribution in [3.63, 3.8) is 0 Å². The second kappa shape index (κ2) is 19.4. The number of aromatic carboxylic acids is 1. The van der Waals surface area contributed by atoms with Crippen molar-refractivity contribution < 1.29 is 41.0 Å². The van der Waals surface area contributed by atoms with E-state index in [9.17, 15) is 36.3 Å². The van der Waals surface area contributed by atoms with Gasteiger partial charge in [-0.3, -0.25) is 4.79 Å². The number of aromatic nitrogens is 2. The van der Waals surface area contributed by atoms with Gasteiger partial charge in [0, 0.05) is 24.3 Å². The number of nitrogens with zero attached hydrogens (tertiary/aromatic N) is 3. The number of carboxylic acid groups (broad SMARTS) is 1. The molecule has 0 aliphatic carbocycles. The largest absolute Gasteiger partial charge is 0.493 e. The van der Waals surface area contributed by atoms with E-state index in [0.717, 1.165) is 46.9 Å². The number of anilines is 1. The van der Waals surface area contributed by atoms with Gasteiger partial charge in [-0.2, -0.15) is 18.3 Å². The number of halogens is 3. The first-order chi connectivity index (χ1) is 27.9. The van der Waals surface area contributed by atoms with E-state index in [-0.39, 0.29) is 40.2 Å². The van der Waals surface area contributed by atoms with Gasteiger partial charge in [0.1, 0.15) is 11.3 Å². The molecule has 4 N–H and O–H groups in total. The Labute approximate surface area is 343 Å². The number of ether oxygens (including phenoxy) is 1. The highest BCUT2D eigenvalue weighted by molar-refractivity contribution is 7.89. The number of alkyl halides is 3. The van der Waals surface area contributed by atoms with Gasteiger partial charge >= 0.3 is 12.1 Å². The van der Waals surface area contributed by atoms with Gasteiger partial charge in [0.05, 0.1) is 35.3 Å². The van der Waals surface area contributed by atoms with Crippen LogP contribution in [0.15, 0.2) is 102 Å². The molecule has 2 heterocycles. The van der Waals surface area contributed by atoms with Crippen molar-refractivity contribution in [2.45, 2.75) is 76.9 Å². The molecule has 1 amide bonds. The minimum absolute atomic E-state index is 0.0831. The minimum atomic E-state index is -4.61. The van der Waals surface area contributed by atoms with Crippen LogP contribution in [0.25, 0.3) is 16.9 Å². The number of nitrogens with one attached hydrogen (secondary N) is 1. The molecule has 314 valence electrons. The summed E-state index contributed by atoms with van der Waals surface area (Å²) < 4.78 is 68.7. The molecule has 1 saturated heterocycles. The molecule has 0 saturated carbocycles. The molecule has 5 aromatic rings. The van der Waals surface area contributed by atoms with Crippen molar-refractivity contribution in [2.24, 2.45) is 11.1 Å². The third kappa shape index (κ3) is 11.9. The molecule has 11 nitrogen and oxygen atoms in total. The molecule has 0 radical (unpaired) electrons. The molecule has 1 aliphatic heterocycles. The molecule has 0 bridgehead atoms. The third-order valence-electron chi connectivity index (χ3n) is 9.75. The maximum atomic E-state index is 13.1. The molecule has 0 unspecified atom stereocenters. The summed E-state index contributed by atoms with van der Waals surface area (Å²) in [5.41, 5.74) is 4.21. The van der Waals surface area contributed by atoms with E-state index in [4.69, 9.17) is 9.88 Å². The summed E-state index contributed by atoms with van der Waals surface area (Å²) >= 11 is 0. The van der Waals surface area contributed by atoms with Crippen molar-refractivity contribution in [1.82, 2.24) is 15.1 Å². The summed E-state index contributed by atoms with van der Waals surface area (Å²) in [6.07, 6.45) is 0.0771. The Bertz CT molecular complexity index is 2320. The number of benzene rings is 4. The molecule has 1 aromatic heterocycles. The highest BCUT2D eigenvalue weighted by atomic mass is 32.2. The fraction of sp³-hybridized carbons (Fsp3) is 0.341. The summed E-state index contributed by atoms with van der Waals surface area (Å²) in [5.74, 6) is -0.408. The zero-order valence-corrected chi connectivity index (χ0v) is 34.3. The van der Waals surface area contributed by atoms with Crippen molar-refractivity contribution in [2.75, 3.05) is 24.6 Å². The minimum Gasteiger partial charge on any atom is -0.493 e. The number of primary sulfonamides is 1. The lowest BCUT2D eigenvalue weighted by Crippen LogP contribution is -2.34. The fourth-order valence-corrected chi connectivity index (χ4v) is 7.44. The van der Waals surface area contributed by atoms with E-state index in [1.165, 1.54) is 55.3 Å². The first kappa shape index (κ1) is 44.4. The van der Waals surface area contributed by atoms with Crippen molar-refractivity contribution >= 4 is 27.6 Å². The summed E-state index contributed by atoms with van der Waals surface area (Å²) in [4.78, 5) is 26.8. The van der Waals surface area contributed by atoms with Gasteiger partial charge in [-0.1, -0.05) is 67.9 Å². The van der Waals surface area contributed by atoms with Gasteiger partial charge in [-0.25, -0.2) is 23.0 Å². The van der Waals surface area contributed by atoms with E-state index in [1.807, 2.05) is 13.0 Å².